The molecule has 8 heteroatoms. The average molecular weight is 396 g/mol. The lowest BCUT2D eigenvalue weighted by atomic mass is 10.4. The van der Waals surface area contributed by atoms with Crippen LogP contribution < -0.4 is 5.32 Å². The largest absolute Gasteiger partial charge is 0.500 e. The van der Waals surface area contributed by atoms with E-state index in [-0.39, 0.29) is 15.4 Å². The topological polar surface area (TPSA) is 58.2 Å². The second-order valence-electron chi connectivity index (χ2n) is 5.67. The van der Waals surface area contributed by atoms with Gasteiger partial charge in [0.25, 0.3) is 0 Å². The minimum atomic E-state index is -2.47. The highest BCUT2D eigenvalue weighted by Gasteiger charge is 2.39. The van der Waals surface area contributed by atoms with Crippen LogP contribution in [0.25, 0.3) is 0 Å². The molecule has 0 saturated carbocycles. The van der Waals surface area contributed by atoms with Gasteiger partial charge in [-0.25, -0.2) is 0 Å². The molecule has 0 saturated heterocycles. The molecular weight excluding hydrogens is 354 g/mol. The van der Waals surface area contributed by atoms with Gasteiger partial charge in [-0.15, -0.1) is 0 Å². The highest BCUT2D eigenvalue weighted by atomic mass is 28.4. The minimum absolute atomic E-state index is 0.0881. The molecule has 0 spiro atoms. The zero-order chi connectivity index (χ0) is 18.8. The number of hydrogen-bond donors (Lipinski definition) is 1. The Hall–Kier alpha value is 0.194. The first-order valence-electron chi connectivity index (χ1n) is 10.0. The van der Waals surface area contributed by atoms with Crippen molar-refractivity contribution >= 4 is 18.3 Å². The molecule has 6 nitrogen and oxygen atoms in total. The molecular formula is C17H41NO5Si2. The van der Waals surface area contributed by atoms with Gasteiger partial charge in [-0.2, -0.15) is 0 Å². The Kier molecular flexibility index (Phi) is 17.7. The molecule has 0 aliphatic rings. The summed E-state index contributed by atoms with van der Waals surface area (Å²) in [5, 5.41) is 3.52. The van der Waals surface area contributed by atoms with Crippen molar-refractivity contribution in [3.63, 3.8) is 0 Å². The quantitative estimate of drug-likeness (QED) is 0.206. The predicted molar refractivity (Wildman–Crippen MR) is 108 cm³/mol. The Morgan fingerprint density at radius 1 is 0.760 bits per heavy atom. The Labute approximate surface area is 158 Å². The van der Waals surface area contributed by atoms with E-state index < -0.39 is 8.80 Å². The Morgan fingerprint density at radius 2 is 1.28 bits per heavy atom. The molecule has 152 valence electrons. The van der Waals surface area contributed by atoms with Crippen LogP contribution in [0.3, 0.4) is 0 Å². The van der Waals surface area contributed by atoms with Crippen LogP contribution in [0.2, 0.25) is 12.1 Å². The number of rotatable bonds is 19. The first-order chi connectivity index (χ1) is 12.2. The summed E-state index contributed by atoms with van der Waals surface area (Å²) < 4.78 is 28.8. The summed E-state index contributed by atoms with van der Waals surface area (Å²) >= 11 is 0. The Bertz CT molecular complexity index is 265. The highest BCUT2D eigenvalue weighted by molar-refractivity contribution is 6.60. The maximum atomic E-state index is 5.87. The van der Waals surface area contributed by atoms with Crippen molar-refractivity contribution in [1.29, 1.82) is 0 Å². The third kappa shape index (κ3) is 13.1. The van der Waals surface area contributed by atoms with Crippen LogP contribution in [0.15, 0.2) is 0 Å². The summed E-state index contributed by atoms with van der Waals surface area (Å²) in [7, 11) is -2.79. The van der Waals surface area contributed by atoms with Crippen molar-refractivity contribution in [3.05, 3.63) is 0 Å². The molecule has 0 radical (unpaired) electrons. The normalized spacial score (nSPS) is 12.7. The SMILES string of the molecule is CCOC(OCC)[SiH2]CCCNCCC[Si](OCC)(OCC)OCC. The summed E-state index contributed by atoms with van der Waals surface area (Å²) in [6, 6.07) is 2.12. The molecule has 0 fully saturated rings. The van der Waals surface area contributed by atoms with Gasteiger partial charge in [0.15, 0.2) is 0 Å². The van der Waals surface area contributed by atoms with Crippen LogP contribution in [0.1, 0.15) is 47.5 Å². The van der Waals surface area contributed by atoms with E-state index in [4.69, 9.17) is 22.8 Å². The lowest BCUT2D eigenvalue weighted by molar-refractivity contribution is -0.0827. The second-order valence-corrected chi connectivity index (χ2v) is 10.4. The maximum Gasteiger partial charge on any atom is 0.500 e. The fraction of sp³-hybridized carbons (Fsp3) is 1.00. The second kappa shape index (κ2) is 17.6. The molecule has 0 aliphatic carbocycles. The van der Waals surface area contributed by atoms with Crippen LogP contribution >= 0.6 is 0 Å². The van der Waals surface area contributed by atoms with Crippen molar-refractivity contribution in [2.45, 2.75) is 65.5 Å². The van der Waals surface area contributed by atoms with Crippen molar-refractivity contribution in [3.8, 4) is 0 Å². The highest BCUT2D eigenvalue weighted by Crippen LogP contribution is 2.17. The summed E-state index contributed by atoms with van der Waals surface area (Å²) in [4.78, 5) is 0. The van der Waals surface area contributed by atoms with Gasteiger partial charge in [0, 0.05) is 39.1 Å². The molecule has 0 aliphatic heterocycles. The van der Waals surface area contributed by atoms with Crippen LogP contribution in [0.5, 0.6) is 0 Å². The molecule has 0 aromatic heterocycles. The average Bonchev–Trinajstić information content (AvgIpc) is 2.58. The monoisotopic (exact) mass is 395 g/mol. The van der Waals surface area contributed by atoms with E-state index in [1.54, 1.807) is 0 Å². The van der Waals surface area contributed by atoms with Crippen molar-refractivity contribution in [2.24, 2.45) is 0 Å². The molecule has 0 aromatic carbocycles. The van der Waals surface area contributed by atoms with E-state index >= 15 is 0 Å². The van der Waals surface area contributed by atoms with Gasteiger partial charge in [0.1, 0.15) is 5.91 Å². The van der Waals surface area contributed by atoms with Gasteiger partial charge in [-0.05, 0) is 60.5 Å². The van der Waals surface area contributed by atoms with Crippen molar-refractivity contribution in [2.75, 3.05) is 46.1 Å². The smallest absolute Gasteiger partial charge is 0.374 e. The van der Waals surface area contributed by atoms with Crippen molar-refractivity contribution < 1.29 is 22.8 Å². The molecule has 0 rings (SSSR count). The lowest BCUT2D eigenvalue weighted by Gasteiger charge is -2.28. The van der Waals surface area contributed by atoms with E-state index in [0.29, 0.717) is 19.8 Å². The first-order valence-corrected chi connectivity index (χ1v) is 13.8. The van der Waals surface area contributed by atoms with Gasteiger partial charge in [0.05, 0.1) is 9.52 Å². The van der Waals surface area contributed by atoms with E-state index in [9.17, 15) is 0 Å². The maximum absolute atomic E-state index is 5.87. The van der Waals surface area contributed by atoms with E-state index in [1.807, 2.05) is 34.6 Å². The molecule has 25 heavy (non-hydrogen) atoms. The summed E-state index contributed by atoms with van der Waals surface area (Å²) in [5.41, 5.74) is 0. The fourth-order valence-electron chi connectivity index (χ4n) is 2.70. The minimum Gasteiger partial charge on any atom is -0.374 e. The van der Waals surface area contributed by atoms with E-state index in [2.05, 4.69) is 5.32 Å². The number of nitrogens with one attached hydrogen (secondary N) is 1. The number of hydrogen-bond acceptors (Lipinski definition) is 6. The first kappa shape index (κ1) is 25.2. The van der Waals surface area contributed by atoms with Gasteiger partial charge in [0.2, 0.25) is 0 Å². The molecule has 1 N–H and O–H groups in total. The van der Waals surface area contributed by atoms with Crippen LogP contribution in [0.4, 0.5) is 0 Å². The van der Waals surface area contributed by atoms with E-state index in [1.165, 1.54) is 12.5 Å². The summed E-state index contributed by atoms with van der Waals surface area (Å²) in [5.74, 6) is 0.0881. The molecule has 0 aromatic rings. The van der Waals surface area contributed by atoms with Crippen molar-refractivity contribution in [1.82, 2.24) is 5.32 Å². The van der Waals surface area contributed by atoms with E-state index in [0.717, 1.165) is 38.8 Å². The third-order valence-corrected chi connectivity index (χ3v) is 8.68. The molecule has 0 atom stereocenters. The molecule has 0 bridgehead atoms. The zero-order valence-corrected chi connectivity index (χ0v) is 19.5. The summed E-state index contributed by atoms with van der Waals surface area (Å²) in [6.07, 6.45) is 2.21. The summed E-state index contributed by atoms with van der Waals surface area (Å²) in [6.45, 7) is 15.5. The predicted octanol–water partition coefficient (Wildman–Crippen LogP) is 2.35. The third-order valence-electron chi connectivity index (χ3n) is 3.68. The standard InChI is InChI=1S/C17H41NO5Si2/c1-6-19-17(20-7-2)24-15-11-13-18-14-12-16-25(21-8-3,22-9-4)23-10-5/h17-18H,6-16,24H2,1-5H3. The van der Waals surface area contributed by atoms with Crippen LogP contribution in [-0.4, -0.2) is 70.4 Å². The van der Waals surface area contributed by atoms with Gasteiger partial charge < -0.3 is 28.1 Å². The lowest BCUT2D eigenvalue weighted by Crippen LogP contribution is -2.46. The fourth-order valence-corrected chi connectivity index (χ4v) is 6.99. The van der Waals surface area contributed by atoms with Crippen LogP contribution in [-0.2, 0) is 22.8 Å². The zero-order valence-electron chi connectivity index (χ0n) is 17.1. The number of ether oxygens (including phenoxy) is 2. The molecule has 0 unspecified atom stereocenters. The van der Waals surface area contributed by atoms with Gasteiger partial charge in [-0.1, -0.05) is 6.04 Å². The van der Waals surface area contributed by atoms with Gasteiger partial charge in [-0.3, -0.25) is 0 Å². The van der Waals surface area contributed by atoms with Crippen LogP contribution in [0, 0.1) is 0 Å². The Balaban J connectivity index is 3.84. The van der Waals surface area contributed by atoms with Gasteiger partial charge >= 0.3 is 8.80 Å². The molecule has 0 heterocycles. The Morgan fingerprint density at radius 3 is 1.76 bits per heavy atom. The molecule has 0 amide bonds.